The topological polar surface area (TPSA) is 57.5 Å². The second-order valence-corrected chi connectivity index (χ2v) is 14.3. The molecule has 0 unspecified atom stereocenters. The molecule has 5 fully saturated rings. The van der Waals surface area contributed by atoms with Gasteiger partial charge >= 0.3 is 5.97 Å². The first kappa shape index (κ1) is 23.9. The summed E-state index contributed by atoms with van der Waals surface area (Å²) in [5, 5.41) is 20.0. The Morgan fingerprint density at radius 2 is 1.61 bits per heavy atom. The zero-order chi connectivity index (χ0) is 24.0. The van der Waals surface area contributed by atoms with E-state index in [2.05, 4.69) is 34.6 Å². The molecule has 2 spiro atoms. The smallest absolute Gasteiger partial charge is 0.330 e. The first-order valence-electron chi connectivity index (χ1n) is 13.9. The minimum atomic E-state index is -0.784. The fraction of sp³-hybridized carbons (Fsp3) is 0.900. The summed E-state index contributed by atoms with van der Waals surface area (Å²) in [6, 6.07) is 0. The van der Waals surface area contributed by atoms with Crippen molar-refractivity contribution in [2.24, 2.45) is 50.7 Å². The summed E-state index contributed by atoms with van der Waals surface area (Å²) in [6.07, 6.45) is 15.7. The number of hydrogen-bond acceptors (Lipinski definition) is 2. The number of carbonyl (C=O) groups is 1. The Bertz CT molecular complexity index is 859. The van der Waals surface area contributed by atoms with Crippen LogP contribution in [0.2, 0.25) is 0 Å². The van der Waals surface area contributed by atoms with Crippen LogP contribution in [0.25, 0.3) is 0 Å². The second-order valence-electron chi connectivity index (χ2n) is 14.3. The third kappa shape index (κ3) is 2.93. The van der Waals surface area contributed by atoms with Crippen molar-refractivity contribution in [3.8, 4) is 0 Å². The van der Waals surface area contributed by atoms with Gasteiger partial charge in [-0.2, -0.15) is 0 Å². The van der Waals surface area contributed by atoms with Gasteiger partial charge in [0.25, 0.3) is 0 Å². The summed E-state index contributed by atoms with van der Waals surface area (Å²) in [4.78, 5) is 11.2. The molecule has 0 aliphatic heterocycles. The SMILES string of the molecule is C/C(=C\CC[C@@H](C)[C@H]1CC[C@@]2(C)[C@@H]3CC[C@H]4C(C)(C)[C@@H](O)CC[C@@]45C[C@@]35CC[C@]12C)C(=O)O. The first-order valence-corrected chi connectivity index (χ1v) is 13.9. The molecule has 0 amide bonds. The molecule has 5 rings (SSSR count). The van der Waals surface area contributed by atoms with Crippen molar-refractivity contribution in [1.82, 2.24) is 0 Å². The van der Waals surface area contributed by atoms with Gasteiger partial charge in [0.05, 0.1) is 6.10 Å². The Labute approximate surface area is 201 Å². The Balaban J connectivity index is 1.37. The number of allylic oxidation sites excluding steroid dienone is 1. The lowest BCUT2D eigenvalue weighted by atomic mass is 9.41. The van der Waals surface area contributed by atoms with Crippen molar-refractivity contribution in [3.05, 3.63) is 11.6 Å². The molecule has 9 atom stereocenters. The highest BCUT2D eigenvalue weighted by Crippen LogP contribution is 2.89. The third-order valence-electron chi connectivity index (χ3n) is 13.3. The maximum atomic E-state index is 11.2. The predicted molar refractivity (Wildman–Crippen MR) is 133 cm³/mol. The number of carboxylic acids is 1. The fourth-order valence-corrected chi connectivity index (χ4v) is 11.2. The van der Waals surface area contributed by atoms with Gasteiger partial charge in [-0.3, -0.25) is 0 Å². The minimum Gasteiger partial charge on any atom is -0.478 e. The molecule has 0 aromatic carbocycles. The number of rotatable bonds is 5. The Morgan fingerprint density at radius 1 is 0.939 bits per heavy atom. The van der Waals surface area contributed by atoms with Gasteiger partial charge in [0.1, 0.15) is 0 Å². The van der Waals surface area contributed by atoms with Crippen molar-refractivity contribution >= 4 is 5.97 Å². The molecule has 0 aromatic heterocycles. The van der Waals surface area contributed by atoms with Crippen LogP contribution in [-0.2, 0) is 4.79 Å². The molecule has 0 aromatic rings. The zero-order valence-electron chi connectivity index (χ0n) is 22.0. The summed E-state index contributed by atoms with van der Waals surface area (Å²) in [6.45, 7) is 14.2. The quantitative estimate of drug-likeness (QED) is 0.429. The maximum absolute atomic E-state index is 11.2. The van der Waals surface area contributed by atoms with E-state index in [0.717, 1.165) is 31.1 Å². The Hall–Kier alpha value is -0.830. The molecule has 2 N–H and O–H groups in total. The minimum absolute atomic E-state index is 0.0721. The molecule has 3 nitrogen and oxygen atoms in total. The van der Waals surface area contributed by atoms with Crippen molar-refractivity contribution in [3.63, 3.8) is 0 Å². The lowest BCUT2D eigenvalue weighted by molar-refractivity contribution is -0.161. The molecule has 5 aliphatic carbocycles. The van der Waals surface area contributed by atoms with Crippen LogP contribution in [0.4, 0.5) is 0 Å². The van der Waals surface area contributed by atoms with E-state index in [1.165, 1.54) is 51.4 Å². The number of carboxylic acid groups (broad SMARTS) is 1. The van der Waals surface area contributed by atoms with Crippen LogP contribution >= 0.6 is 0 Å². The average Bonchev–Trinajstić information content (AvgIpc) is 3.33. The van der Waals surface area contributed by atoms with Crippen LogP contribution in [0, 0.1) is 50.7 Å². The van der Waals surface area contributed by atoms with Crippen LogP contribution in [0.3, 0.4) is 0 Å². The van der Waals surface area contributed by atoms with Crippen LogP contribution in [0.1, 0.15) is 112 Å². The predicted octanol–water partition coefficient (Wildman–Crippen LogP) is 7.23. The van der Waals surface area contributed by atoms with Gasteiger partial charge in [-0.25, -0.2) is 4.79 Å². The molecule has 3 heteroatoms. The standard InChI is InChI=1S/C30H48O3/c1-19(8-7-9-20(2)25(32)33)21-12-14-28(6)23-11-10-22-26(3,4)24(31)13-15-29(22)18-30(23,29)17-16-27(21,28)5/h9,19,21-24,31H,7-8,10-18H2,1-6H3,(H,32,33)/b20-9+/t19-,21-,22+,23+,24+,27-,28+,29-,30+/m1/s1. The molecule has 186 valence electrons. The number of aliphatic carboxylic acids is 1. The molecule has 5 aliphatic rings. The van der Waals surface area contributed by atoms with Gasteiger partial charge in [0, 0.05) is 5.57 Å². The lowest BCUT2D eigenvalue weighted by Crippen LogP contribution is -2.57. The summed E-state index contributed by atoms with van der Waals surface area (Å²) in [7, 11) is 0. The largest absolute Gasteiger partial charge is 0.478 e. The highest BCUT2D eigenvalue weighted by molar-refractivity contribution is 5.85. The summed E-state index contributed by atoms with van der Waals surface area (Å²) < 4.78 is 0. The van der Waals surface area contributed by atoms with Crippen LogP contribution in [0.15, 0.2) is 11.6 Å². The molecular weight excluding hydrogens is 408 g/mol. The van der Waals surface area contributed by atoms with Crippen molar-refractivity contribution in [2.75, 3.05) is 0 Å². The zero-order valence-corrected chi connectivity index (χ0v) is 22.0. The van der Waals surface area contributed by atoms with Gasteiger partial charge in [0.2, 0.25) is 0 Å². The van der Waals surface area contributed by atoms with Crippen molar-refractivity contribution in [2.45, 2.75) is 118 Å². The van der Waals surface area contributed by atoms with E-state index in [9.17, 15) is 15.0 Å². The third-order valence-corrected chi connectivity index (χ3v) is 13.3. The molecular formula is C30H48O3. The lowest BCUT2D eigenvalue weighted by Gasteiger charge is -2.63. The van der Waals surface area contributed by atoms with E-state index in [1.54, 1.807) is 6.92 Å². The molecule has 33 heavy (non-hydrogen) atoms. The molecule has 5 saturated carbocycles. The van der Waals surface area contributed by atoms with Gasteiger partial charge in [0.15, 0.2) is 0 Å². The highest BCUT2D eigenvalue weighted by Gasteiger charge is 2.82. The number of hydrogen-bond donors (Lipinski definition) is 2. The summed E-state index contributed by atoms with van der Waals surface area (Å²) >= 11 is 0. The van der Waals surface area contributed by atoms with Crippen LogP contribution in [-0.4, -0.2) is 22.3 Å². The van der Waals surface area contributed by atoms with E-state index in [4.69, 9.17) is 0 Å². The molecule has 0 heterocycles. The van der Waals surface area contributed by atoms with Crippen LogP contribution < -0.4 is 0 Å². The highest BCUT2D eigenvalue weighted by atomic mass is 16.4. The summed E-state index contributed by atoms with van der Waals surface area (Å²) in [5.41, 5.74) is 2.48. The molecule has 0 radical (unpaired) electrons. The van der Waals surface area contributed by atoms with E-state index < -0.39 is 5.97 Å². The normalized spacial score (nSPS) is 51.1. The van der Waals surface area contributed by atoms with Crippen molar-refractivity contribution < 1.29 is 15.0 Å². The first-order chi connectivity index (χ1) is 15.4. The Morgan fingerprint density at radius 3 is 2.30 bits per heavy atom. The Kier molecular flexibility index (Phi) is 5.31. The monoisotopic (exact) mass is 456 g/mol. The fourth-order valence-electron chi connectivity index (χ4n) is 11.2. The van der Waals surface area contributed by atoms with E-state index in [0.29, 0.717) is 39.1 Å². The van der Waals surface area contributed by atoms with Crippen molar-refractivity contribution in [1.29, 1.82) is 0 Å². The van der Waals surface area contributed by atoms with E-state index in [1.807, 2.05) is 6.08 Å². The van der Waals surface area contributed by atoms with Gasteiger partial charge < -0.3 is 10.2 Å². The van der Waals surface area contributed by atoms with Gasteiger partial charge in [-0.15, -0.1) is 0 Å². The molecule has 0 saturated heterocycles. The number of aliphatic hydroxyl groups excluding tert-OH is 1. The maximum Gasteiger partial charge on any atom is 0.330 e. The summed E-state index contributed by atoms with van der Waals surface area (Å²) in [5.74, 6) is 2.19. The molecule has 0 bridgehead atoms. The number of fused-ring (bicyclic) bond motifs is 2. The number of aliphatic hydroxyl groups is 1. The van der Waals surface area contributed by atoms with Gasteiger partial charge in [-0.1, -0.05) is 40.7 Å². The van der Waals surface area contributed by atoms with Crippen LogP contribution in [0.5, 0.6) is 0 Å². The van der Waals surface area contributed by atoms with Gasteiger partial charge in [-0.05, 0) is 128 Å². The average molecular weight is 457 g/mol. The second kappa shape index (κ2) is 7.34. The van der Waals surface area contributed by atoms with E-state index >= 15 is 0 Å². The van der Waals surface area contributed by atoms with E-state index in [-0.39, 0.29) is 11.5 Å².